The monoisotopic (exact) mass is 476 g/mol. The lowest BCUT2D eigenvalue weighted by Crippen LogP contribution is -2.29. The molecule has 5 rings (SSSR count). The maximum Gasteiger partial charge on any atom is 0.233 e. The Hall–Kier alpha value is -3.94. The van der Waals surface area contributed by atoms with Crippen LogP contribution in [0, 0.1) is 6.92 Å². The first kappa shape index (κ1) is 22.8. The fraction of sp³-hybridized carbons (Fsp3) is 0.333. The van der Waals surface area contributed by atoms with E-state index in [1.807, 2.05) is 43.3 Å². The SMILES string of the molecule is COc1ccc([C@@H]2CC(=O)C3=C(C2)Nc2onc(C)c2[C@@H]3c2cccc(OC)c2OC)cc1OC. The number of aromatic nitrogens is 1. The lowest BCUT2D eigenvalue weighted by molar-refractivity contribution is -0.116. The number of anilines is 1. The van der Waals surface area contributed by atoms with E-state index in [0.717, 1.165) is 28.1 Å². The molecule has 2 atom stereocenters. The fourth-order valence-corrected chi connectivity index (χ4v) is 5.27. The number of nitrogens with zero attached hydrogens (tertiary/aromatic N) is 1. The Kier molecular flexibility index (Phi) is 5.88. The number of aryl methyl sites for hydroxylation is 1. The van der Waals surface area contributed by atoms with E-state index in [9.17, 15) is 4.79 Å². The van der Waals surface area contributed by atoms with Gasteiger partial charge in [0.15, 0.2) is 28.8 Å². The second kappa shape index (κ2) is 9.02. The minimum Gasteiger partial charge on any atom is -0.493 e. The van der Waals surface area contributed by atoms with Crippen molar-refractivity contribution in [3.8, 4) is 23.0 Å². The number of methoxy groups -OCH3 is 4. The number of hydrogen-bond acceptors (Lipinski definition) is 8. The van der Waals surface area contributed by atoms with Gasteiger partial charge in [-0.25, -0.2) is 0 Å². The second-order valence-corrected chi connectivity index (χ2v) is 8.69. The third-order valence-corrected chi connectivity index (χ3v) is 6.88. The minimum atomic E-state index is -0.378. The van der Waals surface area contributed by atoms with Crippen molar-refractivity contribution in [2.24, 2.45) is 0 Å². The van der Waals surface area contributed by atoms with E-state index in [4.69, 9.17) is 23.5 Å². The Labute approximate surface area is 203 Å². The van der Waals surface area contributed by atoms with Gasteiger partial charge >= 0.3 is 0 Å². The Morgan fingerprint density at radius 1 is 0.943 bits per heavy atom. The number of hydrogen-bond donors (Lipinski definition) is 1. The average molecular weight is 477 g/mol. The zero-order valence-electron chi connectivity index (χ0n) is 20.4. The van der Waals surface area contributed by atoms with Gasteiger partial charge in [-0.2, -0.15) is 0 Å². The standard InChI is InChI=1S/C27H28N2O6/c1-14-23-24(17-7-6-8-21(32-3)26(17)34-5)25-18(28-27(23)35-29-14)11-16(12-19(25)30)15-9-10-20(31-2)22(13-15)33-4/h6-10,13,16,24,28H,11-12H2,1-5H3/t16-,24-/m0/s1. The molecule has 2 aliphatic rings. The zero-order valence-corrected chi connectivity index (χ0v) is 20.4. The molecular weight excluding hydrogens is 448 g/mol. The first-order valence-corrected chi connectivity index (χ1v) is 11.4. The molecule has 8 nitrogen and oxygen atoms in total. The summed E-state index contributed by atoms with van der Waals surface area (Å²) in [6.45, 7) is 1.88. The van der Waals surface area contributed by atoms with Crippen LogP contribution in [0.1, 0.15) is 47.1 Å². The summed E-state index contributed by atoms with van der Waals surface area (Å²) in [4.78, 5) is 13.8. The molecule has 1 aliphatic heterocycles. The highest BCUT2D eigenvalue weighted by atomic mass is 16.5. The van der Waals surface area contributed by atoms with Gasteiger partial charge in [-0.1, -0.05) is 23.4 Å². The summed E-state index contributed by atoms with van der Waals surface area (Å²) in [5, 5.41) is 7.56. The number of ketones is 1. The smallest absolute Gasteiger partial charge is 0.233 e. The molecule has 0 spiro atoms. The van der Waals surface area contributed by atoms with Crippen LogP contribution < -0.4 is 24.3 Å². The van der Waals surface area contributed by atoms with Crippen LogP contribution in [0.2, 0.25) is 0 Å². The molecule has 35 heavy (non-hydrogen) atoms. The summed E-state index contributed by atoms with van der Waals surface area (Å²) in [6, 6.07) is 11.5. The Balaban J connectivity index is 1.62. The summed E-state index contributed by atoms with van der Waals surface area (Å²) in [5.74, 6) is 2.71. The molecule has 8 heteroatoms. The van der Waals surface area contributed by atoms with Gasteiger partial charge in [0.05, 0.1) is 45.6 Å². The topological polar surface area (TPSA) is 92.1 Å². The highest BCUT2D eigenvalue weighted by Crippen LogP contribution is 2.52. The van der Waals surface area contributed by atoms with Gasteiger partial charge in [0, 0.05) is 23.3 Å². The van der Waals surface area contributed by atoms with Crippen molar-refractivity contribution in [2.45, 2.75) is 31.6 Å². The van der Waals surface area contributed by atoms with Crippen LogP contribution in [0.3, 0.4) is 0 Å². The maximum absolute atomic E-state index is 13.8. The predicted molar refractivity (Wildman–Crippen MR) is 130 cm³/mol. The molecule has 0 bridgehead atoms. The van der Waals surface area contributed by atoms with Gasteiger partial charge in [0.2, 0.25) is 5.88 Å². The number of carbonyl (C=O) groups excluding carboxylic acids is 1. The van der Waals surface area contributed by atoms with Crippen molar-refractivity contribution in [2.75, 3.05) is 33.8 Å². The van der Waals surface area contributed by atoms with Crippen molar-refractivity contribution in [3.63, 3.8) is 0 Å². The summed E-state index contributed by atoms with van der Waals surface area (Å²) in [6.07, 6.45) is 1.01. The van der Waals surface area contributed by atoms with E-state index < -0.39 is 0 Å². The van der Waals surface area contributed by atoms with E-state index in [0.29, 0.717) is 47.3 Å². The molecule has 0 fully saturated rings. The van der Waals surface area contributed by atoms with E-state index in [1.165, 1.54) is 0 Å². The van der Waals surface area contributed by atoms with Gasteiger partial charge in [-0.05, 0) is 43.0 Å². The van der Waals surface area contributed by atoms with Crippen molar-refractivity contribution in [1.29, 1.82) is 0 Å². The van der Waals surface area contributed by atoms with Crippen LogP contribution in [-0.4, -0.2) is 39.4 Å². The van der Waals surface area contributed by atoms with Crippen LogP contribution in [0.15, 0.2) is 52.2 Å². The maximum atomic E-state index is 13.8. The lowest BCUT2D eigenvalue weighted by atomic mass is 9.72. The van der Waals surface area contributed by atoms with E-state index in [-0.39, 0.29) is 17.6 Å². The molecule has 0 radical (unpaired) electrons. The minimum absolute atomic E-state index is 0.0213. The second-order valence-electron chi connectivity index (χ2n) is 8.69. The number of rotatable bonds is 6. The number of ether oxygens (including phenoxy) is 4. The average Bonchev–Trinajstić information content (AvgIpc) is 3.26. The van der Waals surface area contributed by atoms with Crippen molar-refractivity contribution in [1.82, 2.24) is 5.16 Å². The van der Waals surface area contributed by atoms with Gasteiger partial charge < -0.3 is 28.8 Å². The third kappa shape index (κ3) is 3.69. The van der Waals surface area contributed by atoms with Crippen LogP contribution in [-0.2, 0) is 4.79 Å². The summed E-state index contributed by atoms with van der Waals surface area (Å²) >= 11 is 0. The number of para-hydroxylation sites is 1. The number of Topliss-reactive ketones (excluding diaryl/α,β-unsaturated/α-hetero) is 1. The molecule has 1 aliphatic carbocycles. The molecule has 182 valence electrons. The van der Waals surface area contributed by atoms with E-state index in [1.54, 1.807) is 28.4 Å². The molecular formula is C27H28N2O6. The van der Waals surface area contributed by atoms with Crippen LogP contribution in [0.4, 0.5) is 5.88 Å². The van der Waals surface area contributed by atoms with Crippen molar-refractivity contribution < 1.29 is 28.3 Å². The number of carbonyl (C=O) groups is 1. The third-order valence-electron chi connectivity index (χ3n) is 6.88. The summed E-state index contributed by atoms with van der Waals surface area (Å²) < 4.78 is 27.8. The molecule has 3 aromatic rings. The molecule has 0 amide bonds. The number of benzene rings is 2. The van der Waals surface area contributed by atoms with Crippen molar-refractivity contribution >= 4 is 11.7 Å². The normalized spacial score (nSPS) is 18.9. The molecule has 1 N–H and O–H groups in total. The van der Waals surface area contributed by atoms with Gasteiger partial charge in [0.1, 0.15) is 0 Å². The van der Waals surface area contributed by atoms with Crippen LogP contribution in [0.25, 0.3) is 0 Å². The first-order valence-electron chi connectivity index (χ1n) is 11.4. The molecule has 2 heterocycles. The first-order chi connectivity index (χ1) is 17.0. The predicted octanol–water partition coefficient (Wildman–Crippen LogP) is 4.98. The molecule has 1 aromatic heterocycles. The highest BCUT2D eigenvalue weighted by molar-refractivity contribution is 6.01. The number of fused-ring (bicyclic) bond motifs is 1. The zero-order chi connectivity index (χ0) is 24.7. The number of nitrogens with one attached hydrogen (secondary N) is 1. The van der Waals surface area contributed by atoms with Gasteiger partial charge in [-0.15, -0.1) is 0 Å². The lowest BCUT2D eigenvalue weighted by Gasteiger charge is -2.35. The molecule has 2 aromatic carbocycles. The number of allylic oxidation sites excluding steroid dienone is 2. The molecule has 0 saturated carbocycles. The molecule has 0 unspecified atom stereocenters. The fourth-order valence-electron chi connectivity index (χ4n) is 5.27. The Morgan fingerprint density at radius 3 is 2.43 bits per heavy atom. The van der Waals surface area contributed by atoms with E-state index in [2.05, 4.69) is 10.5 Å². The van der Waals surface area contributed by atoms with Gasteiger partial charge in [-0.3, -0.25) is 4.79 Å². The van der Waals surface area contributed by atoms with Crippen LogP contribution in [0.5, 0.6) is 23.0 Å². The van der Waals surface area contributed by atoms with E-state index >= 15 is 0 Å². The molecule has 0 saturated heterocycles. The quantitative estimate of drug-likeness (QED) is 0.533. The van der Waals surface area contributed by atoms with Crippen LogP contribution >= 0.6 is 0 Å². The largest absolute Gasteiger partial charge is 0.493 e. The van der Waals surface area contributed by atoms with Crippen molar-refractivity contribution in [3.05, 3.63) is 70.1 Å². The summed E-state index contributed by atoms with van der Waals surface area (Å²) in [5.41, 5.74) is 4.97. The highest BCUT2D eigenvalue weighted by Gasteiger charge is 2.42. The summed E-state index contributed by atoms with van der Waals surface area (Å²) in [7, 11) is 6.42. The Bertz CT molecular complexity index is 1330. The van der Waals surface area contributed by atoms with Gasteiger partial charge in [0.25, 0.3) is 0 Å². The Morgan fingerprint density at radius 2 is 1.71 bits per heavy atom.